The summed E-state index contributed by atoms with van der Waals surface area (Å²) < 4.78 is 0. The molecule has 1 aromatic carbocycles. The molecule has 1 heterocycles. The number of hydrogen-bond donors (Lipinski definition) is 2. The lowest BCUT2D eigenvalue weighted by atomic mass is 10.1. The molecule has 104 valence electrons. The Labute approximate surface area is 119 Å². The highest BCUT2D eigenvalue weighted by Crippen LogP contribution is 2.22. The first-order valence-corrected chi connectivity index (χ1v) is 6.80. The van der Waals surface area contributed by atoms with E-state index in [-0.39, 0.29) is 10.9 Å². The van der Waals surface area contributed by atoms with E-state index in [0.717, 1.165) is 16.9 Å². The molecule has 0 aliphatic rings. The molecule has 0 spiro atoms. The number of nitrogens with zero attached hydrogens (tertiary/aromatic N) is 1. The van der Waals surface area contributed by atoms with Crippen LogP contribution in [0.5, 0.6) is 0 Å². The van der Waals surface area contributed by atoms with Gasteiger partial charge in [-0.2, -0.15) is 0 Å². The number of nitrogens with two attached hydrogens (primary N) is 1. The fourth-order valence-corrected chi connectivity index (χ4v) is 2.35. The average molecular weight is 291 g/mol. The molecule has 3 N–H and O–H groups in total. The van der Waals surface area contributed by atoms with Gasteiger partial charge in [0.1, 0.15) is 0 Å². The quantitative estimate of drug-likeness (QED) is 0.501. The van der Waals surface area contributed by atoms with Crippen LogP contribution in [0.4, 0.5) is 10.7 Å². The molecule has 0 saturated carbocycles. The van der Waals surface area contributed by atoms with Gasteiger partial charge in [-0.05, 0) is 24.1 Å². The molecule has 0 fully saturated rings. The number of anilines is 1. The molecule has 0 unspecified atom stereocenters. The van der Waals surface area contributed by atoms with Gasteiger partial charge in [-0.1, -0.05) is 23.5 Å². The largest absolute Gasteiger partial charge is 0.399 e. The third-order valence-corrected chi connectivity index (χ3v) is 3.59. The summed E-state index contributed by atoms with van der Waals surface area (Å²) in [6.45, 7) is 0.465. The summed E-state index contributed by atoms with van der Waals surface area (Å²) in [7, 11) is 0. The molecule has 0 aliphatic carbocycles. The number of amides is 1. The molecule has 7 heteroatoms. The molecular weight excluding hydrogens is 278 g/mol. The molecule has 1 aromatic heterocycles. The first-order valence-electron chi connectivity index (χ1n) is 5.92. The van der Waals surface area contributed by atoms with Crippen LogP contribution in [0.25, 0.3) is 0 Å². The van der Waals surface area contributed by atoms with Crippen molar-refractivity contribution in [3.05, 3.63) is 57.0 Å². The van der Waals surface area contributed by atoms with Crippen LogP contribution in [0.3, 0.4) is 0 Å². The van der Waals surface area contributed by atoms with Crippen molar-refractivity contribution in [1.82, 2.24) is 5.32 Å². The SMILES string of the molecule is Nc1ccc(CCNC(=O)c2csc([N+](=O)[O-])c2)cc1. The van der Waals surface area contributed by atoms with Crippen LogP contribution in [0, 0.1) is 10.1 Å². The Kier molecular flexibility index (Phi) is 4.31. The van der Waals surface area contributed by atoms with E-state index >= 15 is 0 Å². The number of hydrogen-bond acceptors (Lipinski definition) is 5. The van der Waals surface area contributed by atoms with E-state index < -0.39 is 4.92 Å². The Hall–Kier alpha value is -2.41. The highest BCUT2D eigenvalue weighted by Gasteiger charge is 2.14. The molecule has 0 radical (unpaired) electrons. The zero-order valence-electron chi connectivity index (χ0n) is 10.5. The van der Waals surface area contributed by atoms with E-state index in [1.165, 1.54) is 11.4 Å². The maximum Gasteiger partial charge on any atom is 0.324 e. The summed E-state index contributed by atoms with van der Waals surface area (Å²) in [5.74, 6) is -0.301. The fourth-order valence-electron chi connectivity index (χ4n) is 1.65. The minimum absolute atomic E-state index is 0.0336. The summed E-state index contributed by atoms with van der Waals surface area (Å²) in [4.78, 5) is 21.8. The summed E-state index contributed by atoms with van der Waals surface area (Å²) >= 11 is 0.944. The Balaban J connectivity index is 1.85. The Morgan fingerprint density at radius 1 is 1.35 bits per heavy atom. The number of carbonyl (C=O) groups is 1. The van der Waals surface area contributed by atoms with Crippen molar-refractivity contribution in [3.63, 3.8) is 0 Å². The average Bonchev–Trinajstić information content (AvgIpc) is 2.91. The molecule has 0 saturated heterocycles. The van der Waals surface area contributed by atoms with Crippen molar-refractivity contribution < 1.29 is 9.72 Å². The van der Waals surface area contributed by atoms with E-state index in [4.69, 9.17) is 5.73 Å². The molecular formula is C13H13N3O3S. The van der Waals surface area contributed by atoms with Crippen molar-refractivity contribution in [1.29, 1.82) is 0 Å². The van der Waals surface area contributed by atoms with Gasteiger partial charge in [0.2, 0.25) is 0 Å². The summed E-state index contributed by atoms with van der Waals surface area (Å²) in [6, 6.07) is 8.69. The number of nitrogens with one attached hydrogen (secondary N) is 1. The van der Waals surface area contributed by atoms with Gasteiger partial charge in [0.25, 0.3) is 5.91 Å². The van der Waals surface area contributed by atoms with Crippen LogP contribution in [-0.2, 0) is 6.42 Å². The molecule has 1 amide bonds. The molecule has 0 aliphatic heterocycles. The van der Waals surface area contributed by atoms with Gasteiger partial charge in [-0.3, -0.25) is 14.9 Å². The lowest BCUT2D eigenvalue weighted by Gasteiger charge is -2.04. The van der Waals surface area contributed by atoms with Crippen LogP contribution in [0.1, 0.15) is 15.9 Å². The zero-order valence-corrected chi connectivity index (χ0v) is 11.4. The summed E-state index contributed by atoms with van der Waals surface area (Å²) in [5.41, 5.74) is 7.66. The normalized spacial score (nSPS) is 10.2. The van der Waals surface area contributed by atoms with Crippen molar-refractivity contribution in [2.75, 3.05) is 12.3 Å². The number of benzene rings is 1. The predicted octanol–water partition coefficient (Wildman–Crippen LogP) is 2.21. The van der Waals surface area contributed by atoms with Crippen LogP contribution >= 0.6 is 11.3 Å². The first-order chi connectivity index (χ1) is 9.56. The highest BCUT2D eigenvalue weighted by atomic mass is 32.1. The Morgan fingerprint density at radius 3 is 2.65 bits per heavy atom. The number of carbonyl (C=O) groups excluding carboxylic acids is 1. The number of rotatable bonds is 5. The second-order valence-electron chi connectivity index (χ2n) is 4.18. The van der Waals surface area contributed by atoms with Gasteiger partial charge < -0.3 is 11.1 Å². The van der Waals surface area contributed by atoms with Crippen molar-refractivity contribution in [2.24, 2.45) is 0 Å². The van der Waals surface area contributed by atoms with Gasteiger partial charge in [0.05, 0.1) is 10.5 Å². The van der Waals surface area contributed by atoms with Crippen LogP contribution in [-0.4, -0.2) is 17.4 Å². The zero-order chi connectivity index (χ0) is 14.5. The smallest absolute Gasteiger partial charge is 0.324 e. The monoisotopic (exact) mass is 291 g/mol. The lowest BCUT2D eigenvalue weighted by molar-refractivity contribution is -0.380. The van der Waals surface area contributed by atoms with E-state index in [9.17, 15) is 14.9 Å². The third-order valence-electron chi connectivity index (χ3n) is 2.71. The van der Waals surface area contributed by atoms with Crippen LogP contribution in [0.2, 0.25) is 0 Å². The third kappa shape index (κ3) is 3.55. The standard InChI is InChI=1S/C13H13N3O3S/c14-11-3-1-9(2-4-11)5-6-15-13(17)10-7-12(16(18)19)20-8-10/h1-4,7-8H,5-6,14H2,(H,15,17). The van der Waals surface area contributed by atoms with Crippen LogP contribution in [0.15, 0.2) is 35.7 Å². The Bertz CT molecular complexity index is 622. The Morgan fingerprint density at radius 2 is 2.05 bits per heavy atom. The van der Waals surface area contributed by atoms with E-state index in [0.29, 0.717) is 24.2 Å². The molecule has 6 nitrogen and oxygen atoms in total. The minimum atomic E-state index is -0.504. The fraction of sp³-hybridized carbons (Fsp3) is 0.154. The number of thiophene rings is 1. The second kappa shape index (κ2) is 6.16. The van der Waals surface area contributed by atoms with Gasteiger partial charge in [0, 0.05) is 23.7 Å². The van der Waals surface area contributed by atoms with Crippen molar-refractivity contribution in [3.8, 4) is 0 Å². The van der Waals surface area contributed by atoms with E-state index in [2.05, 4.69) is 5.32 Å². The maximum atomic E-state index is 11.8. The van der Waals surface area contributed by atoms with Gasteiger partial charge >= 0.3 is 5.00 Å². The predicted molar refractivity (Wildman–Crippen MR) is 77.9 cm³/mol. The van der Waals surface area contributed by atoms with E-state index in [1.54, 1.807) is 12.1 Å². The first kappa shape index (κ1) is 14.0. The minimum Gasteiger partial charge on any atom is -0.399 e. The topological polar surface area (TPSA) is 98.3 Å². The highest BCUT2D eigenvalue weighted by molar-refractivity contribution is 7.13. The van der Waals surface area contributed by atoms with E-state index in [1.807, 2.05) is 12.1 Å². The molecule has 2 rings (SSSR count). The molecule has 2 aromatic rings. The van der Waals surface area contributed by atoms with Crippen molar-refractivity contribution >= 4 is 27.9 Å². The number of nitro groups is 1. The molecule has 0 bridgehead atoms. The second-order valence-corrected chi connectivity index (χ2v) is 5.07. The maximum absolute atomic E-state index is 11.8. The summed E-state index contributed by atoms with van der Waals surface area (Å²) in [5, 5.41) is 14.7. The molecule has 0 atom stereocenters. The molecule has 20 heavy (non-hydrogen) atoms. The van der Waals surface area contributed by atoms with Gasteiger partial charge in [-0.15, -0.1) is 0 Å². The lowest BCUT2D eigenvalue weighted by Crippen LogP contribution is -2.25. The van der Waals surface area contributed by atoms with Gasteiger partial charge in [0.15, 0.2) is 0 Å². The van der Waals surface area contributed by atoms with Crippen LogP contribution < -0.4 is 11.1 Å². The van der Waals surface area contributed by atoms with Crippen molar-refractivity contribution in [2.45, 2.75) is 6.42 Å². The number of nitrogen functional groups attached to an aromatic ring is 1. The van der Waals surface area contributed by atoms with Gasteiger partial charge in [-0.25, -0.2) is 0 Å². The summed E-state index contributed by atoms with van der Waals surface area (Å²) in [6.07, 6.45) is 0.679.